The number of aromatic nitrogens is 1. The molecule has 4 amide bonds. The number of benzene rings is 1. The lowest BCUT2D eigenvalue weighted by Crippen LogP contribution is -2.67. The summed E-state index contributed by atoms with van der Waals surface area (Å²) in [6, 6.07) is 9.72. The van der Waals surface area contributed by atoms with Crippen LogP contribution >= 0.6 is 23.2 Å². The molecule has 1 aromatic carbocycles. The molecule has 0 aliphatic carbocycles. The fraction of sp³-hybridized carbons (Fsp3) is 0.440. The van der Waals surface area contributed by atoms with E-state index in [1.807, 2.05) is 10.6 Å². The average molecular weight is 517 g/mol. The summed E-state index contributed by atoms with van der Waals surface area (Å²) in [5.74, 6) is -0.792. The van der Waals surface area contributed by atoms with Crippen molar-refractivity contribution in [3.8, 4) is 0 Å². The molecule has 3 aliphatic heterocycles. The highest BCUT2D eigenvalue weighted by molar-refractivity contribution is 6.36. The van der Waals surface area contributed by atoms with Crippen LogP contribution in [0.15, 0.2) is 41.2 Å². The largest absolute Gasteiger partial charge is 0.332 e. The van der Waals surface area contributed by atoms with Crippen molar-refractivity contribution in [2.75, 3.05) is 33.7 Å². The number of pyridine rings is 1. The fourth-order valence-corrected chi connectivity index (χ4v) is 6.52. The van der Waals surface area contributed by atoms with Crippen molar-refractivity contribution in [2.24, 2.45) is 11.3 Å². The van der Waals surface area contributed by atoms with E-state index in [1.165, 1.54) is 14.1 Å². The van der Waals surface area contributed by atoms with E-state index in [9.17, 15) is 19.2 Å². The Hall–Kier alpha value is -2.68. The number of nitrogens with zero attached hydrogens (tertiary/aromatic N) is 4. The van der Waals surface area contributed by atoms with Crippen LogP contribution in [0.1, 0.15) is 23.6 Å². The van der Waals surface area contributed by atoms with Crippen molar-refractivity contribution >= 4 is 41.0 Å². The molecule has 0 radical (unpaired) electrons. The monoisotopic (exact) mass is 516 g/mol. The van der Waals surface area contributed by atoms with Crippen LogP contribution in [0, 0.1) is 11.3 Å². The first-order valence-corrected chi connectivity index (χ1v) is 12.3. The maximum atomic E-state index is 13.7. The van der Waals surface area contributed by atoms with Gasteiger partial charge in [0, 0.05) is 68.0 Å². The lowest BCUT2D eigenvalue weighted by Gasteiger charge is -2.48. The number of rotatable bonds is 4. The van der Waals surface area contributed by atoms with Gasteiger partial charge in [0.15, 0.2) is 0 Å². The van der Waals surface area contributed by atoms with Gasteiger partial charge in [-0.05, 0) is 42.5 Å². The van der Waals surface area contributed by atoms with Crippen LogP contribution in [0.5, 0.6) is 0 Å². The minimum absolute atomic E-state index is 0.00474. The van der Waals surface area contributed by atoms with Gasteiger partial charge < -0.3 is 9.47 Å². The second-order valence-electron chi connectivity index (χ2n) is 9.86. The Balaban J connectivity index is 1.54. The lowest BCUT2D eigenvalue weighted by molar-refractivity contribution is -0.159. The highest BCUT2D eigenvalue weighted by atomic mass is 35.5. The van der Waals surface area contributed by atoms with Gasteiger partial charge in [-0.25, -0.2) is 4.79 Å². The zero-order valence-electron chi connectivity index (χ0n) is 19.5. The van der Waals surface area contributed by atoms with E-state index in [4.69, 9.17) is 23.2 Å². The summed E-state index contributed by atoms with van der Waals surface area (Å²) in [6.45, 7) is 1.96. The molecule has 2 saturated heterocycles. The molecule has 8 nitrogen and oxygen atoms in total. The number of carbonyl (C=O) groups excluding carboxylic acids is 3. The molecule has 2 aromatic rings. The van der Waals surface area contributed by atoms with Crippen molar-refractivity contribution in [3.05, 3.63) is 68.1 Å². The van der Waals surface area contributed by atoms with Gasteiger partial charge in [-0.3, -0.25) is 24.2 Å². The number of likely N-dealkylation sites (tertiary alicyclic amines) is 1. The zero-order valence-corrected chi connectivity index (χ0v) is 21.1. The summed E-state index contributed by atoms with van der Waals surface area (Å²) in [7, 11) is 2.79. The van der Waals surface area contributed by atoms with Crippen molar-refractivity contribution in [3.63, 3.8) is 0 Å². The van der Waals surface area contributed by atoms with Crippen LogP contribution in [0.25, 0.3) is 0 Å². The van der Waals surface area contributed by atoms with E-state index in [1.54, 1.807) is 30.3 Å². The van der Waals surface area contributed by atoms with E-state index in [-0.39, 0.29) is 30.4 Å². The normalized spacial score (nSPS) is 24.1. The molecule has 0 spiro atoms. The van der Waals surface area contributed by atoms with E-state index in [0.29, 0.717) is 35.2 Å². The van der Waals surface area contributed by atoms with E-state index in [0.717, 1.165) is 21.9 Å². The number of hydrogen-bond acceptors (Lipinski definition) is 5. The predicted octanol–water partition coefficient (Wildman–Crippen LogP) is 2.85. The molecule has 35 heavy (non-hydrogen) atoms. The molecular formula is C25H26Cl2N4O4. The topological polar surface area (TPSA) is 82.9 Å². The minimum atomic E-state index is -1.56. The first-order valence-electron chi connectivity index (χ1n) is 11.6. The van der Waals surface area contributed by atoms with Gasteiger partial charge in [0.25, 0.3) is 5.56 Å². The van der Waals surface area contributed by atoms with Crippen molar-refractivity contribution in [1.82, 2.24) is 19.3 Å². The predicted molar refractivity (Wildman–Crippen MR) is 132 cm³/mol. The minimum Gasteiger partial charge on any atom is -0.312 e. The molecule has 1 unspecified atom stereocenters. The summed E-state index contributed by atoms with van der Waals surface area (Å²) in [6.07, 6.45) is 0.927. The number of halogens is 2. The molecule has 4 heterocycles. The van der Waals surface area contributed by atoms with Crippen LogP contribution in [0.4, 0.5) is 4.79 Å². The average Bonchev–Trinajstić information content (AvgIpc) is 2.83. The van der Waals surface area contributed by atoms with E-state index in [2.05, 4.69) is 4.90 Å². The molecule has 0 N–H and O–H groups in total. The van der Waals surface area contributed by atoms with Gasteiger partial charge in [0.2, 0.25) is 11.8 Å². The Morgan fingerprint density at radius 3 is 2.17 bits per heavy atom. The maximum Gasteiger partial charge on any atom is 0.332 e. The van der Waals surface area contributed by atoms with E-state index < -0.39 is 23.3 Å². The number of carbonyl (C=O) groups is 3. The third-order valence-electron chi connectivity index (χ3n) is 7.59. The number of barbiturate groups is 1. The summed E-state index contributed by atoms with van der Waals surface area (Å²) >= 11 is 12.9. The second-order valence-corrected chi connectivity index (χ2v) is 10.7. The number of amides is 4. The Bertz CT molecular complexity index is 1250. The van der Waals surface area contributed by atoms with Crippen LogP contribution in [0.3, 0.4) is 0 Å². The van der Waals surface area contributed by atoms with Crippen LogP contribution in [-0.2, 0) is 22.6 Å². The molecule has 10 heteroatoms. The molecule has 1 aromatic heterocycles. The van der Waals surface area contributed by atoms with Crippen molar-refractivity contribution in [2.45, 2.75) is 25.3 Å². The van der Waals surface area contributed by atoms with Gasteiger partial charge in [-0.2, -0.15) is 0 Å². The molecular weight excluding hydrogens is 491 g/mol. The zero-order chi connectivity index (χ0) is 25.1. The van der Waals surface area contributed by atoms with Crippen LogP contribution < -0.4 is 5.56 Å². The molecule has 2 bridgehead atoms. The third kappa shape index (κ3) is 3.88. The summed E-state index contributed by atoms with van der Waals surface area (Å²) in [4.78, 5) is 56.5. The molecule has 2 atom stereocenters. The quantitative estimate of drug-likeness (QED) is 0.583. The maximum absolute atomic E-state index is 13.7. The lowest BCUT2D eigenvalue weighted by atomic mass is 9.75. The standard InChI is InChI=1S/C25H26Cl2N4O4/c1-28-22(33)25(23(34)29(2)24(28)35,10-17-18(26)5-3-6-19(17)27)14-30-11-15-9-16(13-30)20-7-4-8-21(32)31(20)12-15/h3-8,15-16H,9-14H2,1-2H3/t15?,16-/m1/s1. The smallest absolute Gasteiger partial charge is 0.312 e. The highest BCUT2D eigenvalue weighted by Gasteiger charge is 2.57. The fourth-order valence-electron chi connectivity index (χ4n) is 5.98. The number of piperidine rings is 1. The summed E-state index contributed by atoms with van der Waals surface area (Å²) < 4.78 is 1.84. The van der Waals surface area contributed by atoms with Crippen molar-refractivity contribution < 1.29 is 14.4 Å². The molecule has 3 aliphatic rings. The molecule has 0 saturated carbocycles. The van der Waals surface area contributed by atoms with Gasteiger partial charge in [0.05, 0.1) is 0 Å². The van der Waals surface area contributed by atoms with Gasteiger partial charge >= 0.3 is 6.03 Å². The first kappa shape index (κ1) is 24.0. The molecule has 2 fully saturated rings. The Kier molecular flexibility index (Phi) is 6.02. The number of fused-ring (bicyclic) bond motifs is 4. The van der Waals surface area contributed by atoms with Gasteiger partial charge in [-0.1, -0.05) is 35.3 Å². The Labute approximate surface area is 213 Å². The second kappa shape index (κ2) is 8.76. The van der Waals surface area contributed by atoms with Crippen LogP contribution in [0.2, 0.25) is 10.0 Å². The SMILES string of the molecule is CN1C(=O)N(C)C(=O)C(Cc2c(Cl)cccc2Cl)(CN2CC3C[C@H](C2)c2cccc(=O)n2C3)C1=O. The van der Waals surface area contributed by atoms with Crippen molar-refractivity contribution in [1.29, 1.82) is 0 Å². The molecule has 184 valence electrons. The Morgan fingerprint density at radius 1 is 0.886 bits per heavy atom. The molecule has 5 rings (SSSR count). The van der Waals surface area contributed by atoms with Gasteiger partial charge in [-0.15, -0.1) is 0 Å². The third-order valence-corrected chi connectivity index (χ3v) is 8.30. The summed E-state index contributed by atoms with van der Waals surface area (Å²) in [5.41, 5.74) is -0.0846. The number of hydrogen-bond donors (Lipinski definition) is 0. The number of imide groups is 2. The van der Waals surface area contributed by atoms with Gasteiger partial charge in [0.1, 0.15) is 5.41 Å². The first-order chi connectivity index (χ1) is 16.6. The highest BCUT2D eigenvalue weighted by Crippen LogP contribution is 2.41. The number of urea groups is 1. The summed E-state index contributed by atoms with van der Waals surface area (Å²) in [5, 5.41) is 0.729. The van der Waals surface area contributed by atoms with Crippen LogP contribution in [-0.4, -0.2) is 70.8 Å². The Morgan fingerprint density at radius 2 is 1.51 bits per heavy atom. The van der Waals surface area contributed by atoms with E-state index >= 15 is 0 Å².